The molecular weight excluding hydrogens is 741 g/mol. The minimum absolute atomic E-state index is 0. The second-order valence-electron chi connectivity index (χ2n) is 13.4. The molecule has 0 aliphatic carbocycles. The fourth-order valence-corrected chi connectivity index (χ4v) is 7.13. The first kappa shape index (κ1) is 44.6. The summed E-state index contributed by atoms with van der Waals surface area (Å²) in [4.78, 5) is 49.1. The van der Waals surface area contributed by atoms with E-state index in [1.807, 2.05) is 79.9 Å². The van der Waals surface area contributed by atoms with Gasteiger partial charge in [-0.25, -0.2) is 14.8 Å². The Morgan fingerprint density at radius 1 is 0.904 bits per heavy atom. The predicted octanol–water partition coefficient (Wildman–Crippen LogP) is -0.794. The number of hydrogen-bond acceptors (Lipinski definition) is 7. The zero-order valence-corrected chi connectivity index (χ0v) is 33.5. The van der Waals surface area contributed by atoms with Gasteiger partial charge in [-0.1, -0.05) is 111 Å². The lowest BCUT2D eigenvalue weighted by Gasteiger charge is -2.30. The number of nitrogens with zero attached hydrogens (tertiary/aromatic N) is 1. The molecular formula is C38H51Cl2N5O5S2. The second-order valence-corrected chi connectivity index (χ2v) is 15.3. The van der Waals surface area contributed by atoms with E-state index in [0.717, 1.165) is 26.7 Å². The molecule has 4 atom stereocenters. The Kier molecular flexibility index (Phi) is 19.3. The van der Waals surface area contributed by atoms with Crippen molar-refractivity contribution in [2.75, 3.05) is 7.05 Å². The number of aliphatic hydroxyl groups excluding tert-OH is 1. The lowest BCUT2D eigenvalue weighted by Crippen LogP contribution is -3.00. The Morgan fingerprint density at radius 2 is 1.54 bits per heavy atom. The number of carbonyl (C=O) groups is 3. The number of nitrogens with one attached hydrogen (secondary N) is 4. The summed E-state index contributed by atoms with van der Waals surface area (Å²) in [5, 5.41) is 20.9. The standard InChI is InChI=1S/C38H49N5O5S2.2ClH/c1-25(2)32(19-35(45)43(5)21-30-23-49-37(41-30)26(3)4)36(46)40-29(16-27-12-8-6-9-13-27)18-34(44)33(17-28-14-10-7-11-15-28)42-38(47)48-22-31-20-39-24-50-31;;/h6-15,20,23-26,29,32-34,44H,16-19,21-22H2,1-5H3,(H,40,46)(H,42,47);2*1H/t29-,32-,33-,34-;;/m0../s1. The van der Waals surface area contributed by atoms with Crippen molar-refractivity contribution in [2.45, 2.75) is 90.6 Å². The molecule has 284 valence electrons. The number of alkyl carbamates (subject to hydrolysis) is 1. The van der Waals surface area contributed by atoms with E-state index in [1.165, 1.54) is 11.3 Å². The molecule has 0 spiro atoms. The summed E-state index contributed by atoms with van der Waals surface area (Å²) in [6.07, 6.45) is 1.18. The number of hydrogen-bond donors (Lipinski definition) is 3. The van der Waals surface area contributed by atoms with Gasteiger partial charge in [0.2, 0.25) is 28.0 Å². The molecule has 0 aliphatic rings. The number of amides is 3. The van der Waals surface area contributed by atoms with Gasteiger partial charge in [0.25, 0.3) is 0 Å². The Hall–Kier alpha value is -3.55. The van der Waals surface area contributed by atoms with Crippen LogP contribution in [0.1, 0.15) is 73.2 Å². The third-order valence-electron chi connectivity index (χ3n) is 8.64. The van der Waals surface area contributed by atoms with E-state index < -0.39 is 30.2 Å². The van der Waals surface area contributed by atoms with Gasteiger partial charge in [-0.15, -0.1) is 0 Å². The van der Waals surface area contributed by atoms with Gasteiger partial charge in [-0.2, -0.15) is 0 Å². The quantitative estimate of drug-likeness (QED) is 0.122. The van der Waals surface area contributed by atoms with Crippen molar-refractivity contribution >= 4 is 40.6 Å². The molecule has 5 N–H and O–H groups in total. The number of H-pyrrole nitrogens is 2. The second kappa shape index (κ2) is 22.5. The van der Waals surface area contributed by atoms with Gasteiger partial charge >= 0.3 is 6.09 Å². The number of aliphatic hydroxyl groups is 1. The highest BCUT2D eigenvalue weighted by atomic mass is 35.5. The van der Waals surface area contributed by atoms with Crippen molar-refractivity contribution in [3.05, 3.63) is 104 Å². The highest BCUT2D eigenvalue weighted by Crippen LogP contribution is 2.21. The summed E-state index contributed by atoms with van der Waals surface area (Å²) < 4.78 is 5.46. The van der Waals surface area contributed by atoms with Crippen LogP contribution in [0.15, 0.2) is 77.8 Å². The first-order valence-electron chi connectivity index (χ1n) is 17.1. The third kappa shape index (κ3) is 14.5. The van der Waals surface area contributed by atoms with Crippen LogP contribution in [0, 0.1) is 11.8 Å². The van der Waals surface area contributed by atoms with Gasteiger partial charge in [-0.05, 0) is 36.3 Å². The molecule has 0 unspecified atom stereocenters. The van der Waals surface area contributed by atoms with Crippen molar-refractivity contribution in [1.29, 1.82) is 0 Å². The molecule has 0 saturated heterocycles. The van der Waals surface area contributed by atoms with Crippen LogP contribution in [0.5, 0.6) is 0 Å². The van der Waals surface area contributed by atoms with Crippen molar-refractivity contribution < 1.29 is 59.0 Å². The van der Waals surface area contributed by atoms with Gasteiger partial charge < -0.3 is 50.2 Å². The Balaban J connectivity index is 0.00000468. The Labute approximate surface area is 327 Å². The molecule has 4 aromatic rings. The smallest absolute Gasteiger partial charge is 0.407 e. The van der Waals surface area contributed by atoms with E-state index in [9.17, 15) is 19.5 Å². The highest BCUT2D eigenvalue weighted by molar-refractivity contribution is 7.09. The molecule has 10 nitrogen and oxygen atoms in total. The van der Waals surface area contributed by atoms with E-state index in [0.29, 0.717) is 25.3 Å². The van der Waals surface area contributed by atoms with Gasteiger partial charge in [0.05, 0.1) is 17.5 Å². The van der Waals surface area contributed by atoms with Crippen LogP contribution in [-0.4, -0.2) is 53.1 Å². The molecule has 2 aromatic carbocycles. The maximum atomic E-state index is 13.9. The van der Waals surface area contributed by atoms with Crippen LogP contribution in [0.3, 0.4) is 0 Å². The Bertz CT molecular complexity index is 1630. The fraction of sp³-hybridized carbons (Fsp3) is 0.447. The Morgan fingerprint density at radius 3 is 2.10 bits per heavy atom. The molecule has 14 heteroatoms. The number of thiazole rings is 2. The molecule has 0 bridgehead atoms. The third-order valence-corrected chi connectivity index (χ3v) is 10.7. The van der Waals surface area contributed by atoms with Crippen LogP contribution in [0.25, 0.3) is 0 Å². The van der Waals surface area contributed by atoms with Crippen LogP contribution < -0.4 is 45.4 Å². The number of ether oxygens (including phenoxy) is 1. The minimum Gasteiger partial charge on any atom is -1.00 e. The number of aromatic nitrogens is 2. The summed E-state index contributed by atoms with van der Waals surface area (Å²) in [5.74, 6) is -0.646. The van der Waals surface area contributed by atoms with Gasteiger partial charge in [0, 0.05) is 31.3 Å². The number of carbonyl (C=O) groups excluding carboxylic acids is 3. The molecule has 2 heterocycles. The lowest BCUT2D eigenvalue weighted by atomic mass is 9.89. The van der Waals surface area contributed by atoms with Crippen molar-refractivity contribution in [3.8, 4) is 0 Å². The maximum Gasteiger partial charge on any atom is 0.407 e. The summed E-state index contributed by atoms with van der Waals surface area (Å²) in [6.45, 7) is 8.67. The van der Waals surface area contributed by atoms with Crippen molar-refractivity contribution in [1.82, 2.24) is 15.5 Å². The molecule has 0 aliphatic heterocycles. The van der Waals surface area contributed by atoms with E-state index in [2.05, 4.69) is 34.4 Å². The lowest BCUT2D eigenvalue weighted by molar-refractivity contribution is -0.398. The fourth-order valence-electron chi connectivity index (χ4n) is 5.71. The largest absolute Gasteiger partial charge is 1.00 e. The van der Waals surface area contributed by atoms with E-state index >= 15 is 0 Å². The summed E-state index contributed by atoms with van der Waals surface area (Å²) in [5.41, 5.74) is 4.69. The van der Waals surface area contributed by atoms with Crippen molar-refractivity contribution in [3.63, 3.8) is 0 Å². The monoisotopic (exact) mass is 791 g/mol. The molecule has 0 saturated carbocycles. The van der Waals surface area contributed by atoms with Crippen molar-refractivity contribution in [2.24, 2.45) is 11.8 Å². The van der Waals surface area contributed by atoms with Crippen LogP contribution >= 0.6 is 22.7 Å². The maximum absolute atomic E-state index is 13.9. The zero-order valence-electron chi connectivity index (χ0n) is 30.3. The average Bonchev–Trinajstić information content (AvgIpc) is 3.79. The number of aromatic amines is 2. The SMILES string of the molecule is CC(C)c1[nH+]c(CN(C)C(=O)C[C@H](C(=O)N[C@@H](Cc2ccccc2)C[C@H](O)[C@H](Cc2ccccc2)NC(=O)OCc2c[nH+]cs2)C(C)C)cs1.[Cl-].[Cl-]. The first-order valence-corrected chi connectivity index (χ1v) is 18.9. The molecule has 0 radical (unpaired) electrons. The minimum atomic E-state index is -1.02. The topological polar surface area (TPSA) is 136 Å². The number of halogens is 2. The molecule has 0 fully saturated rings. The van der Waals surface area contributed by atoms with E-state index in [1.54, 1.807) is 35.0 Å². The summed E-state index contributed by atoms with van der Waals surface area (Å²) in [7, 11) is 1.76. The zero-order chi connectivity index (χ0) is 36.0. The number of benzene rings is 2. The molecule has 3 amide bonds. The van der Waals surface area contributed by atoms with Crippen LogP contribution in [-0.2, 0) is 40.3 Å². The van der Waals surface area contributed by atoms with Crippen LogP contribution in [0.4, 0.5) is 4.79 Å². The van der Waals surface area contributed by atoms with E-state index in [-0.39, 0.29) is 62.0 Å². The summed E-state index contributed by atoms with van der Waals surface area (Å²) in [6, 6.07) is 18.2. The predicted molar refractivity (Wildman–Crippen MR) is 195 cm³/mol. The van der Waals surface area contributed by atoms with E-state index in [4.69, 9.17) is 4.74 Å². The van der Waals surface area contributed by atoms with Gasteiger partial charge in [0.1, 0.15) is 18.0 Å². The molecule has 52 heavy (non-hydrogen) atoms. The normalized spacial score (nSPS) is 13.2. The first-order chi connectivity index (χ1) is 24.0. The average molecular weight is 793 g/mol. The highest BCUT2D eigenvalue weighted by Gasteiger charge is 2.31. The van der Waals surface area contributed by atoms with Gasteiger partial charge in [0.15, 0.2) is 6.20 Å². The summed E-state index contributed by atoms with van der Waals surface area (Å²) >= 11 is 3.09. The molecule has 4 rings (SSSR count). The molecule has 2 aromatic heterocycles. The number of rotatable bonds is 18. The van der Waals surface area contributed by atoms with Crippen LogP contribution in [0.2, 0.25) is 0 Å². The van der Waals surface area contributed by atoms with Gasteiger partial charge in [-0.3, -0.25) is 9.59 Å².